The third kappa shape index (κ3) is 6.41. The van der Waals surface area contributed by atoms with Crippen molar-refractivity contribution in [1.82, 2.24) is 9.55 Å². The number of halogens is 3. The van der Waals surface area contributed by atoms with Crippen molar-refractivity contribution in [3.05, 3.63) is 78.6 Å². The van der Waals surface area contributed by atoms with Crippen LogP contribution in [0.2, 0.25) is 5.21 Å². The van der Waals surface area contributed by atoms with Crippen LogP contribution < -0.4 is 5.32 Å². The van der Waals surface area contributed by atoms with Gasteiger partial charge in [0.25, 0.3) is 0 Å². The molecule has 1 radical (unpaired) electrons. The summed E-state index contributed by atoms with van der Waals surface area (Å²) in [5, 5.41) is 1.48. The van der Waals surface area contributed by atoms with Crippen LogP contribution in [0.1, 0.15) is 23.2 Å². The number of nitrogens with zero attached hydrogens (tertiary/aromatic N) is 2. The van der Waals surface area contributed by atoms with Gasteiger partial charge in [-0.15, -0.1) is 0 Å². The van der Waals surface area contributed by atoms with E-state index in [9.17, 15) is 22.8 Å². The predicted molar refractivity (Wildman–Crippen MR) is 135 cm³/mol. The second kappa shape index (κ2) is 10.4. The first kappa shape index (κ1) is 25.1. The molecule has 0 spiro atoms. The molecule has 1 saturated carbocycles. The molecule has 0 bridgehead atoms. The molecule has 1 aliphatic carbocycles. The first-order valence-corrected chi connectivity index (χ1v) is 13.9. The van der Waals surface area contributed by atoms with E-state index in [4.69, 9.17) is 4.74 Å². The van der Waals surface area contributed by atoms with E-state index in [0.717, 1.165) is 35.0 Å². The van der Waals surface area contributed by atoms with E-state index < -0.39 is 31.8 Å². The van der Waals surface area contributed by atoms with Crippen molar-refractivity contribution in [3.8, 4) is 16.8 Å². The number of nitrogens with one attached hydrogen (secondary N) is 1. The van der Waals surface area contributed by atoms with Crippen molar-refractivity contribution >= 4 is 43.1 Å². The third-order valence-corrected chi connectivity index (χ3v) is 7.82. The minimum atomic E-state index is -4.34. The van der Waals surface area contributed by atoms with Crippen molar-refractivity contribution in [2.24, 2.45) is 5.92 Å². The van der Waals surface area contributed by atoms with Gasteiger partial charge in [0.1, 0.15) is 0 Å². The first-order chi connectivity index (χ1) is 17.7. The Bertz CT molecular complexity index is 1460. The van der Waals surface area contributed by atoms with Crippen LogP contribution in [0.5, 0.6) is 0 Å². The number of alkyl halides is 3. The Morgan fingerprint density at radius 3 is 2.59 bits per heavy atom. The van der Waals surface area contributed by atoms with Gasteiger partial charge in [-0.1, -0.05) is 6.07 Å². The normalized spacial score (nSPS) is 13.8. The molecular weight excluding hydrogens is 546 g/mol. The second-order valence-electron chi connectivity index (χ2n) is 8.85. The maximum atomic E-state index is 12.4. The van der Waals surface area contributed by atoms with Gasteiger partial charge in [-0.25, -0.2) is 4.79 Å². The fourth-order valence-corrected chi connectivity index (χ4v) is 4.96. The topological polar surface area (TPSA) is 73.2 Å². The zero-order valence-corrected chi connectivity index (χ0v) is 21.4. The van der Waals surface area contributed by atoms with Gasteiger partial charge in [0, 0.05) is 0 Å². The van der Waals surface area contributed by atoms with E-state index in [1.165, 1.54) is 0 Å². The number of ether oxygens (including phenoxy) is 1. The molecule has 1 aliphatic rings. The quantitative estimate of drug-likeness (QED) is 0.195. The number of imidazole rings is 1. The van der Waals surface area contributed by atoms with E-state index in [0.29, 0.717) is 29.5 Å². The standard InChI is InChI=1S/C27H22AsF3N3O3/c29-27(30,31)15-28-26(36)33-21-5-2-6-22(13-21)34-16-32-23-12-19(9-10-24(23)34)18-3-1-4-20(11-18)25(35)37-14-17-7-8-17/h1-6,9-13,16-17H,7-8,14-15H2,(H,33,36). The summed E-state index contributed by atoms with van der Waals surface area (Å²) >= 11 is -1.54. The summed E-state index contributed by atoms with van der Waals surface area (Å²) in [6, 6.07) is 19.9. The average Bonchev–Trinajstić information content (AvgIpc) is 3.62. The zero-order chi connectivity index (χ0) is 26.0. The molecule has 1 amide bonds. The first-order valence-electron chi connectivity index (χ1n) is 11.7. The van der Waals surface area contributed by atoms with Crippen molar-refractivity contribution < 1.29 is 27.5 Å². The minimum absolute atomic E-state index is 0.328. The van der Waals surface area contributed by atoms with Gasteiger partial charge >= 0.3 is 165 Å². The molecule has 4 aromatic rings. The summed E-state index contributed by atoms with van der Waals surface area (Å²) in [6.07, 6.45) is -0.463. The van der Waals surface area contributed by atoms with Crippen LogP contribution in [0.3, 0.4) is 0 Å². The zero-order valence-electron chi connectivity index (χ0n) is 19.5. The Morgan fingerprint density at radius 1 is 1.03 bits per heavy atom. The van der Waals surface area contributed by atoms with E-state index in [-0.39, 0.29) is 5.97 Å². The fraction of sp³-hybridized carbons (Fsp3) is 0.222. The Kier molecular flexibility index (Phi) is 7.06. The molecule has 0 atom stereocenters. The molecule has 5 rings (SSSR count). The van der Waals surface area contributed by atoms with Crippen LogP contribution in [0, 0.1) is 5.92 Å². The van der Waals surface area contributed by atoms with E-state index in [1.807, 2.05) is 41.0 Å². The van der Waals surface area contributed by atoms with Gasteiger partial charge in [0.15, 0.2) is 0 Å². The monoisotopic (exact) mass is 568 g/mol. The molecule has 6 nitrogen and oxygen atoms in total. The Balaban J connectivity index is 1.33. The number of aromatic nitrogens is 2. The Morgan fingerprint density at radius 2 is 1.81 bits per heavy atom. The number of hydrogen-bond donors (Lipinski definition) is 1. The molecular formula is C27H22AsF3N3O3. The molecule has 0 unspecified atom stereocenters. The van der Waals surface area contributed by atoms with Gasteiger partial charge in [0.2, 0.25) is 0 Å². The van der Waals surface area contributed by atoms with E-state index in [2.05, 4.69) is 10.3 Å². The number of hydrogen-bond acceptors (Lipinski definition) is 4. The van der Waals surface area contributed by atoms with Crippen LogP contribution in [0.15, 0.2) is 73.1 Å². The van der Waals surface area contributed by atoms with Gasteiger partial charge < -0.3 is 4.74 Å². The second-order valence-corrected chi connectivity index (χ2v) is 11.0. The summed E-state index contributed by atoms with van der Waals surface area (Å²) in [4.78, 5) is 28.9. The van der Waals surface area contributed by atoms with Crippen LogP contribution >= 0.6 is 0 Å². The van der Waals surface area contributed by atoms with Crippen molar-refractivity contribution in [2.45, 2.75) is 24.2 Å². The third-order valence-electron chi connectivity index (χ3n) is 5.90. The Hall–Kier alpha value is -3.58. The number of carbonyl (C=O) groups is 2. The van der Waals surface area contributed by atoms with E-state index in [1.54, 1.807) is 36.7 Å². The molecule has 1 heterocycles. The van der Waals surface area contributed by atoms with Crippen LogP contribution in [0.25, 0.3) is 27.8 Å². The number of rotatable bonds is 8. The van der Waals surface area contributed by atoms with Crippen LogP contribution in [-0.2, 0) is 4.74 Å². The molecule has 3 aromatic carbocycles. The van der Waals surface area contributed by atoms with Gasteiger partial charge in [-0.2, -0.15) is 0 Å². The molecule has 0 aliphatic heterocycles. The van der Waals surface area contributed by atoms with Gasteiger partial charge in [-0.3, -0.25) is 0 Å². The van der Waals surface area contributed by atoms with Gasteiger partial charge in [-0.05, 0) is 24.8 Å². The number of amides is 1. The predicted octanol–water partition coefficient (Wildman–Crippen LogP) is 6.48. The molecule has 189 valence electrons. The summed E-state index contributed by atoms with van der Waals surface area (Å²) in [5.41, 5.74) is 4.93. The van der Waals surface area contributed by atoms with Crippen LogP contribution in [0.4, 0.5) is 23.7 Å². The average molecular weight is 568 g/mol. The molecule has 1 aromatic heterocycles. The summed E-state index contributed by atoms with van der Waals surface area (Å²) < 4.78 is 43.9. The number of fused-ring (bicyclic) bond motifs is 1. The van der Waals surface area contributed by atoms with Crippen molar-refractivity contribution in [3.63, 3.8) is 0 Å². The SMILES string of the molecule is O=C(Nc1cccc(-n2cnc3cc(-c4cccc(C(=O)OCC5CC5)c4)ccc32)c1)[As]CC(F)(F)F. The number of carbonyl (C=O) groups excluding carboxylic acids is 2. The maximum absolute atomic E-state index is 12.4. The number of benzene rings is 3. The fourth-order valence-electron chi connectivity index (χ4n) is 3.84. The van der Waals surface area contributed by atoms with Gasteiger partial charge in [0.05, 0.1) is 12.2 Å². The molecule has 37 heavy (non-hydrogen) atoms. The molecule has 0 saturated heterocycles. The molecule has 1 fully saturated rings. The molecule has 10 heteroatoms. The Labute approximate surface area is 217 Å². The molecule has 1 N–H and O–H groups in total. The van der Waals surface area contributed by atoms with Crippen molar-refractivity contribution in [2.75, 3.05) is 11.9 Å². The van der Waals surface area contributed by atoms with Crippen LogP contribution in [-0.4, -0.2) is 48.8 Å². The summed E-state index contributed by atoms with van der Waals surface area (Å²) in [7, 11) is 0. The van der Waals surface area contributed by atoms with Crippen molar-refractivity contribution in [1.29, 1.82) is 0 Å². The summed E-state index contributed by atoms with van der Waals surface area (Å²) in [5.74, 6) is 0.170. The summed E-state index contributed by atoms with van der Waals surface area (Å²) in [6.45, 7) is 0.464. The number of anilines is 1. The van der Waals surface area contributed by atoms with E-state index >= 15 is 0 Å². The number of esters is 1.